The lowest BCUT2D eigenvalue weighted by molar-refractivity contribution is -0.132. The topological polar surface area (TPSA) is 103 Å². The number of hydrogen-bond acceptors (Lipinski definition) is 8. The molecule has 0 atom stereocenters. The molecule has 0 saturated carbocycles. The maximum atomic E-state index is 13.1. The SMILES string of the molecule is CCCNC(=O)N(CCN1CCOCC1)CC(=O)N1CCN(c2ccc(-c3cccc(OC)c3)nn2)CC1. The molecule has 0 radical (unpaired) electrons. The first kappa shape index (κ1) is 27.6. The maximum Gasteiger partial charge on any atom is 0.317 e. The minimum absolute atomic E-state index is 0.0299. The number of nitrogens with zero attached hydrogens (tertiary/aromatic N) is 6. The first-order valence-electron chi connectivity index (χ1n) is 13.4. The molecule has 4 rings (SSSR count). The highest BCUT2D eigenvalue weighted by Gasteiger charge is 2.26. The van der Waals surface area contributed by atoms with E-state index >= 15 is 0 Å². The Bertz CT molecular complexity index is 1040. The molecular formula is C27H39N7O4. The van der Waals surface area contributed by atoms with Crippen LogP contribution in [0, 0.1) is 0 Å². The molecule has 2 aliphatic rings. The number of aromatic nitrogens is 2. The number of anilines is 1. The number of methoxy groups -OCH3 is 1. The van der Waals surface area contributed by atoms with Crippen LogP contribution in [0.5, 0.6) is 5.75 Å². The average Bonchev–Trinajstić information content (AvgIpc) is 2.98. The van der Waals surface area contributed by atoms with Gasteiger partial charge in [0.25, 0.3) is 0 Å². The number of piperazine rings is 1. The van der Waals surface area contributed by atoms with Crippen molar-refractivity contribution >= 4 is 17.8 Å². The number of rotatable bonds is 10. The van der Waals surface area contributed by atoms with Crippen molar-refractivity contribution in [1.82, 2.24) is 30.2 Å². The van der Waals surface area contributed by atoms with E-state index in [1.54, 1.807) is 12.0 Å². The summed E-state index contributed by atoms with van der Waals surface area (Å²) in [7, 11) is 1.64. The predicted molar refractivity (Wildman–Crippen MR) is 145 cm³/mol. The number of hydrogen-bond donors (Lipinski definition) is 1. The molecule has 38 heavy (non-hydrogen) atoms. The molecule has 3 amide bonds. The van der Waals surface area contributed by atoms with Crippen LogP contribution >= 0.6 is 0 Å². The number of ether oxygens (including phenoxy) is 2. The lowest BCUT2D eigenvalue weighted by Crippen LogP contribution is -2.54. The van der Waals surface area contributed by atoms with Crippen molar-refractivity contribution in [2.24, 2.45) is 0 Å². The number of morpholine rings is 1. The van der Waals surface area contributed by atoms with Gasteiger partial charge in [0.05, 0.1) is 26.0 Å². The zero-order chi connectivity index (χ0) is 26.7. The molecule has 2 aromatic rings. The molecule has 0 aliphatic carbocycles. The summed E-state index contributed by atoms with van der Waals surface area (Å²) in [5.41, 5.74) is 1.72. The third kappa shape index (κ3) is 7.55. The van der Waals surface area contributed by atoms with Crippen LogP contribution in [0.1, 0.15) is 13.3 Å². The van der Waals surface area contributed by atoms with E-state index in [9.17, 15) is 9.59 Å². The van der Waals surface area contributed by atoms with Crippen LogP contribution in [-0.2, 0) is 9.53 Å². The fourth-order valence-electron chi connectivity index (χ4n) is 4.56. The molecule has 2 fully saturated rings. The van der Waals surface area contributed by atoms with Gasteiger partial charge in [0.2, 0.25) is 5.91 Å². The quantitative estimate of drug-likeness (QED) is 0.499. The third-order valence-electron chi connectivity index (χ3n) is 6.90. The number of nitrogens with one attached hydrogen (secondary N) is 1. The van der Waals surface area contributed by atoms with Crippen LogP contribution in [-0.4, -0.2) is 123 Å². The van der Waals surface area contributed by atoms with Crippen LogP contribution in [0.3, 0.4) is 0 Å². The fourth-order valence-corrected chi connectivity index (χ4v) is 4.56. The minimum Gasteiger partial charge on any atom is -0.497 e. The van der Waals surface area contributed by atoms with Crippen LogP contribution in [0.15, 0.2) is 36.4 Å². The van der Waals surface area contributed by atoms with E-state index < -0.39 is 0 Å². The van der Waals surface area contributed by atoms with E-state index in [4.69, 9.17) is 9.47 Å². The second-order valence-corrected chi connectivity index (χ2v) is 9.48. The van der Waals surface area contributed by atoms with E-state index in [0.29, 0.717) is 52.5 Å². The van der Waals surface area contributed by atoms with Crippen molar-refractivity contribution < 1.29 is 19.1 Å². The van der Waals surface area contributed by atoms with Crippen molar-refractivity contribution in [3.05, 3.63) is 36.4 Å². The Kier molecular flexibility index (Phi) is 10.1. The number of benzene rings is 1. The molecule has 11 nitrogen and oxygen atoms in total. The van der Waals surface area contributed by atoms with E-state index in [1.165, 1.54) is 0 Å². The molecule has 2 aliphatic heterocycles. The Balaban J connectivity index is 1.29. The highest BCUT2D eigenvalue weighted by atomic mass is 16.5. The molecule has 206 valence electrons. The van der Waals surface area contributed by atoms with E-state index in [0.717, 1.165) is 48.9 Å². The highest BCUT2D eigenvalue weighted by Crippen LogP contribution is 2.23. The molecule has 0 spiro atoms. The van der Waals surface area contributed by atoms with Gasteiger partial charge < -0.3 is 29.5 Å². The lowest BCUT2D eigenvalue weighted by Gasteiger charge is -2.36. The van der Waals surface area contributed by atoms with Gasteiger partial charge in [0.1, 0.15) is 12.3 Å². The van der Waals surface area contributed by atoms with Gasteiger partial charge in [0, 0.05) is 64.5 Å². The summed E-state index contributed by atoms with van der Waals surface area (Å²) in [6.45, 7) is 9.52. The van der Waals surface area contributed by atoms with Crippen molar-refractivity contribution in [1.29, 1.82) is 0 Å². The van der Waals surface area contributed by atoms with Crippen LogP contribution in [0.2, 0.25) is 0 Å². The van der Waals surface area contributed by atoms with Gasteiger partial charge in [-0.3, -0.25) is 9.69 Å². The Morgan fingerprint density at radius 2 is 1.84 bits per heavy atom. The standard InChI is InChI=1S/C27H39N7O4/c1-3-9-28-27(36)34(11-10-31-16-18-38-19-17-31)21-26(35)33-14-12-32(13-15-33)25-8-7-24(29-30-25)22-5-4-6-23(20-22)37-2/h4-8,20H,3,9-19,21H2,1-2H3,(H,28,36). The van der Waals surface area contributed by atoms with Crippen LogP contribution < -0.4 is 15.0 Å². The summed E-state index contributed by atoms with van der Waals surface area (Å²) >= 11 is 0. The summed E-state index contributed by atoms with van der Waals surface area (Å²) < 4.78 is 10.7. The smallest absolute Gasteiger partial charge is 0.317 e. The van der Waals surface area contributed by atoms with Gasteiger partial charge in [0.15, 0.2) is 5.82 Å². The maximum absolute atomic E-state index is 13.1. The van der Waals surface area contributed by atoms with Crippen molar-refractivity contribution in [2.45, 2.75) is 13.3 Å². The number of carbonyl (C=O) groups excluding carboxylic acids is 2. The summed E-state index contributed by atoms with van der Waals surface area (Å²) in [5.74, 6) is 1.53. The van der Waals surface area contributed by atoms with Gasteiger partial charge >= 0.3 is 6.03 Å². The van der Waals surface area contributed by atoms with Crippen LogP contribution in [0.25, 0.3) is 11.3 Å². The second-order valence-electron chi connectivity index (χ2n) is 9.48. The molecule has 0 unspecified atom stereocenters. The first-order valence-corrected chi connectivity index (χ1v) is 13.4. The number of carbonyl (C=O) groups is 2. The van der Waals surface area contributed by atoms with Gasteiger partial charge in [-0.15, -0.1) is 10.2 Å². The summed E-state index contributed by atoms with van der Waals surface area (Å²) in [6, 6.07) is 11.5. The van der Waals surface area contributed by atoms with Crippen molar-refractivity contribution in [3.63, 3.8) is 0 Å². The number of urea groups is 1. The van der Waals surface area contributed by atoms with Gasteiger partial charge in [-0.2, -0.15) is 0 Å². The first-order chi connectivity index (χ1) is 18.6. The van der Waals surface area contributed by atoms with Gasteiger partial charge in [-0.25, -0.2) is 4.79 Å². The molecule has 0 bridgehead atoms. The zero-order valence-electron chi connectivity index (χ0n) is 22.5. The molecular weight excluding hydrogens is 486 g/mol. The van der Waals surface area contributed by atoms with E-state index in [-0.39, 0.29) is 18.5 Å². The van der Waals surface area contributed by atoms with Crippen molar-refractivity contribution in [2.75, 3.05) is 90.7 Å². The largest absolute Gasteiger partial charge is 0.497 e. The molecule has 2 saturated heterocycles. The highest BCUT2D eigenvalue weighted by molar-refractivity contribution is 5.84. The monoisotopic (exact) mass is 525 g/mol. The minimum atomic E-state index is -0.182. The van der Waals surface area contributed by atoms with Crippen molar-refractivity contribution in [3.8, 4) is 17.0 Å². The number of amides is 3. The molecule has 1 aromatic heterocycles. The molecule has 1 N–H and O–H groups in total. The summed E-state index contributed by atoms with van der Waals surface area (Å²) in [5, 5.41) is 11.8. The zero-order valence-corrected chi connectivity index (χ0v) is 22.5. The van der Waals surface area contributed by atoms with E-state index in [2.05, 4.69) is 25.3 Å². The average molecular weight is 526 g/mol. The van der Waals surface area contributed by atoms with Gasteiger partial charge in [-0.1, -0.05) is 19.1 Å². The molecule has 1 aromatic carbocycles. The predicted octanol–water partition coefficient (Wildman–Crippen LogP) is 1.55. The Labute approximate surface area is 224 Å². The fraction of sp³-hybridized carbons (Fsp3) is 0.556. The summed E-state index contributed by atoms with van der Waals surface area (Å²) in [6.07, 6.45) is 0.850. The normalized spacial score (nSPS) is 16.3. The van der Waals surface area contributed by atoms with Crippen LogP contribution in [0.4, 0.5) is 10.6 Å². The lowest BCUT2D eigenvalue weighted by atomic mass is 10.1. The summed E-state index contributed by atoms with van der Waals surface area (Å²) in [4.78, 5) is 33.8. The molecule has 3 heterocycles. The third-order valence-corrected chi connectivity index (χ3v) is 6.90. The Morgan fingerprint density at radius 3 is 2.53 bits per heavy atom. The molecule has 11 heteroatoms. The van der Waals surface area contributed by atoms with E-state index in [1.807, 2.05) is 48.2 Å². The van der Waals surface area contributed by atoms with Gasteiger partial charge in [-0.05, 0) is 30.7 Å². The Hall–Kier alpha value is -3.44. The Morgan fingerprint density at radius 1 is 1.05 bits per heavy atom. The second kappa shape index (κ2) is 13.9.